The lowest BCUT2D eigenvalue weighted by Crippen LogP contribution is -2.52. The number of nitrogens with one attached hydrogen (secondary N) is 1. The van der Waals surface area contributed by atoms with Gasteiger partial charge in [0.1, 0.15) is 11.5 Å². The Morgan fingerprint density at radius 2 is 1.79 bits per heavy atom. The molecule has 0 aromatic heterocycles. The third-order valence-electron chi connectivity index (χ3n) is 6.82. The first-order valence-electron chi connectivity index (χ1n) is 11.4. The second-order valence-corrected chi connectivity index (χ2v) is 9.17. The van der Waals surface area contributed by atoms with Crippen molar-refractivity contribution in [3.63, 3.8) is 0 Å². The lowest BCUT2D eigenvalue weighted by molar-refractivity contribution is -0.149. The molecule has 0 radical (unpaired) electrons. The monoisotopic (exact) mass is 450 g/mol. The van der Waals surface area contributed by atoms with Gasteiger partial charge in [0.05, 0.1) is 6.04 Å². The predicted octanol–water partition coefficient (Wildman–Crippen LogP) is 1.78. The van der Waals surface area contributed by atoms with Crippen LogP contribution in [0.3, 0.4) is 0 Å². The molecule has 33 heavy (non-hydrogen) atoms. The highest BCUT2D eigenvalue weighted by Gasteiger charge is 2.38. The Kier molecular flexibility index (Phi) is 6.91. The summed E-state index contributed by atoms with van der Waals surface area (Å²) in [6, 6.07) is 13.6. The van der Waals surface area contributed by atoms with Crippen LogP contribution in [-0.4, -0.2) is 57.3 Å². The molecule has 4 rings (SSSR count). The summed E-state index contributed by atoms with van der Waals surface area (Å²) in [4.78, 5) is 40.1. The Bertz CT molecular complexity index is 1040. The number of phenols is 1. The predicted molar refractivity (Wildman–Crippen MR) is 123 cm³/mol. The molecule has 2 aliphatic rings. The largest absolute Gasteiger partial charge is 0.508 e. The maximum Gasteiger partial charge on any atom is 0.259 e. The summed E-state index contributed by atoms with van der Waals surface area (Å²) in [7, 11) is 0. The van der Waals surface area contributed by atoms with Crippen molar-refractivity contribution in [3.05, 3.63) is 65.2 Å². The van der Waals surface area contributed by atoms with E-state index >= 15 is 0 Å². The standard InChI is InChI=1S/C26H30N2O5/c1-16-20(12-17-6-8-21(29)9-7-17)13-22(30)14-23(27-16)24(31)25(32)26(33)28-11-10-18-4-2-3-5-19(18)15-28/h2-9,16,20,23,25,27,29,32H,10-15H2,1H3. The molecule has 0 spiro atoms. The van der Waals surface area contributed by atoms with E-state index in [1.807, 2.05) is 43.3 Å². The van der Waals surface area contributed by atoms with Crippen LogP contribution in [0.5, 0.6) is 5.75 Å². The molecule has 1 amide bonds. The highest BCUT2D eigenvalue weighted by Crippen LogP contribution is 2.24. The van der Waals surface area contributed by atoms with E-state index in [4.69, 9.17) is 0 Å². The molecule has 0 aliphatic carbocycles. The van der Waals surface area contributed by atoms with Gasteiger partial charge < -0.3 is 20.4 Å². The van der Waals surface area contributed by atoms with E-state index < -0.39 is 23.8 Å². The van der Waals surface area contributed by atoms with E-state index in [0.717, 1.165) is 11.1 Å². The Hall–Kier alpha value is -3.03. The number of aliphatic hydroxyl groups is 1. The third kappa shape index (κ3) is 5.31. The quantitative estimate of drug-likeness (QED) is 0.600. The summed E-state index contributed by atoms with van der Waals surface area (Å²) < 4.78 is 0. The molecule has 174 valence electrons. The number of hydrogen-bond donors (Lipinski definition) is 3. The van der Waals surface area contributed by atoms with Crippen LogP contribution in [0.4, 0.5) is 0 Å². The number of fused-ring (bicyclic) bond motifs is 1. The summed E-state index contributed by atoms with van der Waals surface area (Å²) in [6.45, 7) is 2.73. The van der Waals surface area contributed by atoms with Crippen LogP contribution >= 0.6 is 0 Å². The van der Waals surface area contributed by atoms with Crippen LogP contribution in [0, 0.1) is 5.92 Å². The number of carbonyl (C=O) groups excluding carboxylic acids is 3. The van der Waals surface area contributed by atoms with Gasteiger partial charge in [0.25, 0.3) is 5.91 Å². The minimum absolute atomic E-state index is 0.0358. The zero-order valence-electron chi connectivity index (χ0n) is 18.7. The highest BCUT2D eigenvalue weighted by atomic mass is 16.3. The van der Waals surface area contributed by atoms with Gasteiger partial charge in [0, 0.05) is 32.0 Å². The minimum Gasteiger partial charge on any atom is -0.508 e. The Labute approximate surface area is 193 Å². The van der Waals surface area contributed by atoms with Crippen molar-refractivity contribution < 1.29 is 24.6 Å². The van der Waals surface area contributed by atoms with Crippen molar-refractivity contribution >= 4 is 17.5 Å². The van der Waals surface area contributed by atoms with Crippen molar-refractivity contribution in [1.29, 1.82) is 0 Å². The van der Waals surface area contributed by atoms with Gasteiger partial charge in [-0.05, 0) is 54.5 Å². The van der Waals surface area contributed by atoms with E-state index in [-0.39, 0.29) is 29.9 Å². The number of ketones is 2. The number of aliphatic hydroxyl groups excluding tert-OH is 1. The van der Waals surface area contributed by atoms with Gasteiger partial charge in [0.2, 0.25) is 0 Å². The second-order valence-electron chi connectivity index (χ2n) is 9.17. The van der Waals surface area contributed by atoms with Gasteiger partial charge in [-0.1, -0.05) is 36.4 Å². The molecule has 1 saturated heterocycles. The molecular formula is C26H30N2O5. The van der Waals surface area contributed by atoms with Gasteiger partial charge in [0.15, 0.2) is 11.9 Å². The lowest BCUT2D eigenvalue weighted by Gasteiger charge is -2.31. The highest BCUT2D eigenvalue weighted by molar-refractivity contribution is 6.07. The van der Waals surface area contributed by atoms with Gasteiger partial charge in [-0.2, -0.15) is 0 Å². The zero-order valence-corrected chi connectivity index (χ0v) is 18.7. The Balaban J connectivity index is 1.40. The number of nitrogens with zero attached hydrogens (tertiary/aromatic N) is 1. The first-order chi connectivity index (χ1) is 15.8. The van der Waals surface area contributed by atoms with Gasteiger partial charge in [-0.15, -0.1) is 0 Å². The molecule has 1 fully saturated rings. The van der Waals surface area contributed by atoms with Gasteiger partial charge in [-0.25, -0.2) is 0 Å². The summed E-state index contributed by atoms with van der Waals surface area (Å²) in [5, 5.41) is 23.3. The summed E-state index contributed by atoms with van der Waals surface area (Å²) in [5.41, 5.74) is 3.18. The number of rotatable bonds is 5. The molecule has 7 heteroatoms. The minimum atomic E-state index is -1.79. The fraction of sp³-hybridized carbons (Fsp3) is 0.423. The SMILES string of the molecule is CC1NC(C(=O)C(O)C(=O)N2CCc3ccccc3C2)CC(=O)CC1Cc1ccc(O)cc1. The topological polar surface area (TPSA) is 107 Å². The number of hydrogen-bond acceptors (Lipinski definition) is 6. The first-order valence-corrected chi connectivity index (χ1v) is 11.4. The smallest absolute Gasteiger partial charge is 0.259 e. The molecule has 2 aliphatic heterocycles. The van der Waals surface area contributed by atoms with Crippen molar-refractivity contribution in [3.8, 4) is 5.75 Å². The van der Waals surface area contributed by atoms with Crippen molar-refractivity contribution in [2.75, 3.05) is 6.54 Å². The first kappa shape index (κ1) is 23.1. The van der Waals surface area contributed by atoms with E-state index in [2.05, 4.69) is 5.32 Å². The summed E-state index contributed by atoms with van der Waals surface area (Å²) >= 11 is 0. The average Bonchev–Trinajstić information content (AvgIpc) is 2.96. The molecule has 7 nitrogen and oxygen atoms in total. The zero-order chi connectivity index (χ0) is 23.5. The van der Waals surface area contributed by atoms with Crippen molar-refractivity contribution in [1.82, 2.24) is 10.2 Å². The fourth-order valence-electron chi connectivity index (χ4n) is 4.83. The van der Waals surface area contributed by atoms with E-state index in [0.29, 0.717) is 32.4 Å². The number of phenolic OH excluding ortho intramolecular Hbond substituents is 1. The molecular weight excluding hydrogens is 420 g/mol. The van der Waals surface area contributed by atoms with Gasteiger partial charge >= 0.3 is 0 Å². The van der Waals surface area contributed by atoms with Crippen LogP contribution in [0.1, 0.15) is 36.5 Å². The number of Topliss-reactive ketones (excluding diaryl/α,β-unsaturated/α-hetero) is 2. The van der Waals surface area contributed by atoms with Crippen LogP contribution in [0.15, 0.2) is 48.5 Å². The third-order valence-corrected chi connectivity index (χ3v) is 6.82. The summed E-state index contributed by atoms with van der Waals surface area (Å²) in [6.07, 6.45) is -0.218. The average molecular weight is 451 g/mol. The molecule has 0 bridgehead atoms. The molecule has 0 saturated carbocycles. The Morgan fingerprint density at radius 3 is 2.52 bits per heavy atom. The number of amides is 1. The van der Waals surface area contributed by atoms with Crippen molar-refractivity contribution in [2.45, 2.75) is 57.3 Å². The van der Waals surface area contributed by atoms with Gasteiger partial charge in [-0.3, -0.25) is 14.4 Å². The lowest BCUT2D eigenvalue weighted by atomic mass is 9.89. The van der Waals surface area contributed by atoms with E-state index in [1.54, 1.807) is 12.1 Å². The van der Waals surface area contributed by atoms with Crippen LogP contribution < -0.4 is 5.32 Å². The van der Waals surface area contributed by atoms with Crippen LogP contribution in [-0.2, 0) is 33.8 Å². The molecule has 2 aromatic rings. The van der Waals surface area contributed by atoms with Crippen LogP contribution in [0.2, 0.25) is 0 Å². The molecule has 2 heterocycles. The van der Waals surface area contributed by atoms with Crippen LogP contribution in [0.25, 0.3) is 0 Å². The maximum atomic E-state index is 13.0. The number of aromatic hydroxyl groups is 1. The molecule has 4 unspecified atom stereocenters. The van der Waals surface area contributed by atoms with E-state index in [1.165, 1.54) is 10.5 Å². The fourth-order valence-corrected chi connectivity index (χ4v) is 4.83. The Morgan fingerprint density at radius 1 is 1.09 bits per heavy atom. The second kappa shape index (κ2) is 9.85. The summed E-state index contributed by atoms with van der Waals surface area (Å²) in [5.74, 6) is -1.18. The number of benzene rings is 2. The number of carbonyl (C=O) groups is 3. The molecule has 3 N–H and O–H groups in total. The normalized spacial score (nSPS) is 24.0. The van der Waals surface area contributed by atoms with Crippen molar-refractivity contribution in [2.24, 2.45) is 5.92 Å². The molecule has 2 aromatic carbocycles. The maximum absolute atomic E-state index is 13.0. The molecule has 4 atom stereocenters. The van der Waals surface area contributed by atoms with E-state index in [9.17, 15) is 24.6 Å².